The second kappa shape index (κ2) is 11.7. The van der Waals surface area contributed by atoms with Crippen LogP contribution in [0.25, 0.3) is 17.1 Å². The molecule has 0 fully saturated rings. The summed E-state index contributed by atoms with van der Waals surface area (Å²) in [7, 11) is 0. The Hall–Kier alpha value is -3.36. The number of ether oxygens (including phenoxy) is 1. The maximum absolute atomic E-state index is 12.4. The molecular formula is C25H24ClN5O2S. The Labute approximate surface area is 207 Å². The SMILES string of the molecule is CCOc1ccc(-n2c(SCCC(=O)NCc3ccccc3Cl)nnc2-c2cccnc2)cc1. The molecule has 34 heavy (non-hydrogen) atoms. The monoisotopic (exact) mass is 493 g/mol. The lowest BCUT2D eigenvalue weighted by Crippen LogP contribution is -2.23. The van der Waals surface area contributed by atoms with E-state index in [9.17, 15) is 4.79 Å². The summed E-state index contributed by atoms with van der Waals surface area (Å²) in [5.41, 5.74) is 2.65. The highest BCUT2D eigenvalue weighted by atomic mass is 35.5. The quantitative estimate of drug-likeness (QED) is 0.306. The molecule has 0 spiro atoms. The van der Waals surface area contributed by atoms with Crippen LogP contribution in [0.1, 0.15) is 18.9 Å². The van der Waals surface area contributed by atoms with E-state index in [2.05, 4.69) is 20.5 Å². The third-order valence-corrected chi connectivity index (χ3v) is 6.25. The summed E-state index contributed by atoms with van der Waals surface area (Å²) in [6, 6.07) is 19.1. The number of amides is 1. The van der Waals surface area contributed by atoms with Gasteiger partial charge in [-0.1, -0.05) is 41.6 Å². The fraction of sp³-hybridized carbons (Fsp3) is 0.200. The molecule has 2 aromatic heterocycles. The van der Waals surface area contributed by atoms with Gasteiger partial charge in [-0.3, -0.25) is 14.3 Å². The number of aromatic nitrogens is 4. The van der Waals surface area contributed by atoms with Crippen LogP contribution in [0, 0.1) is 0 Å². The summed E-state index contributed by atoms with van der Waals surface area (Å²) in [6.45, 7) is 2.96. The Kier molecular flexibility index (Phi) is 8.17. The molecule has 0 aliphatic rings. The topological polar surface area (TPSA) is 81.9 Å². The van der Waals surface area contributed by atoms with Gasteiger partial charge in [0.25, 0.3) is 0 Å². The smallest absolute Gasteiger partial charge is 0.221 e. The largest absolute Gasteiger partial charge is 0.494 e. The molecular weight excluding hydrogens is 470 g/mol. The molecule has 0 saturated heterocycles. The molecule has 9 heteroatoms. The molecule has 0 aliphatic carbocycles. The van der Waals surface area contributed by atoms with E-state index in [-0.39, 0.29) is 5.91 Å². The zero-order chi connectivity index (χ0) is 23.8. The van der Waals surface area contributed by atoms with Gasteiger partial charge in [0.15, 0.2) is 11.0 Å². The molecule has 174 valence electrons. The van der Waals surface area contributed by atoms with Crippen LogP contribution in [0.15, 0.2) is 78.2 Å². The minimum Gasteiger partial charge on any atom is -0.494 e. The number of carbonyl (C=O) groups excluding carboxylic acids is 1. The summed E-state index contributed by atoms with van der Waals surface area (Å²) in [4.78, 5) is 16.6. The fourth-order valence-corrected chi connectivity index (χ4v) is 4.39. The van der Waals surface area contributed by atoms with Crippen molar-refractivity contribution in [2.75, 3.05) is 12.4 Å². The summed E-state index contributed by atoms with van der Waals surface area (Å²) >= 11 is 7.64. The van der Waals surface area contributed by atoms with E-state index in [0.29, 0.717) is 41.3 Å². The molecule has 4 aromatic rings. The third kappa shape index (κ3) is 5.95. The number of nitrogens with zero attached hydrogens (tertiary/aromatic N) is 4. The summed E-state index contributed by atoms with van der Waals surface area (Å²) in [6.07, 6.45) is 3.82. The Morgan fingerprint density at radius 2 is 1.91 bits per heavy atom. The van der Waals surface area contributed by atoms with E-state index in [1.165, 1.54) is 11.8 Å². The van der Waals surface area contributed by atoms with E-state index < -0.39 is 0 Å². The van der Waals surface area contributed by atoms with Gasteiger partial charge < -0.3 is 10.1 Å². The van der Waals surface area contributed by atoms with Gasteiger partial charge >= 0.3 is 0 Å². The first kappa shape index (κ1) is 23.8. The van der Waals surface area contributed by atoms with Crippen LogP contribution >= 0.6 is 23.4 Å². The predicted octanol–water partition coefficient (Wildman–Crippen LogP) is 5.18. The van der Waals surface area contributed by atoms with E-state index >= 15 is 0 Å². The minimum absolute atomic E-state index is 0.0490. The van der Waals surface area contributed by atoms with E-state index in [1.807, 2.05) is 72.2 Å². The van der Waals surface area contributed by atoms with Gasteiger partial charge in [-0.2, -0.15) is 0 Å². The Balaban J connectivity index is 1.46. The number of rotatable bonds is 10. The predicted molar refractivity (Wildman–Crippen MR) is 134 cm³/mol. The molecule has 2 aromatic carbocycles. The molecule has 2 heterocycles. The zero-order valence-electron chi connectivity index (χ0n) is 18.6. The van der Waals surface area contributed by atoms with Crippen molar-refractivity contribution >= 4 is 29.3 Å². The van der Waals surface area contributed by atoms with Crippen molar-refractivity contribution in [3.63, 3.8) is 0 Å². The molecule has 4 rings (SSSR count). The van der Waals surface area contributed by atoms with Gasteiger partial charge in [0.1, 0.15) is 5.75 Å². The summed E-state index contributed by atoms with van der Waals surface area (Å²) < 4.78 is 7.54. The number of benzene rings is 2. The number of hydrogen-bond acceptors (Lipinski definition) is 6. The van der Waals surface area contributed by atoms with Crippen molar-refractivity contribution in [2.45, 2.75) is 25.0 Å². The highest BCUT2D eigenvalue weighted by molar-refractivity contribution is 7.99. The molecule has 0 aliphatic heterocycles. The van der Waals surface area contributed by atoms with Crippen molar-refractivity contribution in [3.8, 4) is 22.8 Å². The van der Waals surface area contributed by atoms with Crippen molar-refractivity contribution in [1.29, 1.82) is 0 Å². The lowest BCUT2D eigenvalue weighted by atomic mass is 10.2. The lowest BCUT2D eigenvalue weighted by molar-refractivity contribution is -0.120. The maximum Gasteiger partial charge on any atom is 0.221 e. The van der Waals surface area contributed by atoms with Crippen LogP contribution in [0.2, 0.25) is 5.02 Å². The van der Waals surface area contributed by atoms with Crippen LogP contribution in [0.3, 0.4) is 0 Å². The van der Waals surface area contributed by atoms with E-state index in [1.54, 1.807) is 12.4 Å². The summed E-state index contributed by atoms with van der Waals surface area (Å²) in [5, 5.41) is 13.1. The van der Waals surface area contributed by atoms with Crippen molar-refractivity contribution in [3.05, 3.63) is 83.6 Å². The molecule has 1 amide bonds. The van der Waals surface area contributed by atoms with E-state index in [4.69, 9.17) is 16.3 Å². The highest BCUT2D eigenvalue weighted by Gasteiger charge is 2.17. The van der Waals surface area contributed by atoms with Gasteiger partial charge in [-0.05, 0) is 55.0 Å². The Morgan fingerprint density at radius 1 is 1.09 bits per heavy atom. The van der Waals surface area contributed by atoms with Gasteiger partial charge in [0.2, 0.25) is 5.91 Å². The molecule has 0 unspecified atom stereocenters. The van der Waals surface area contributed by atoms with Crippen molar-refractivity contribution < 1.29 is 9.53 Å². The average molecular weight is 494 g/mol. The van der Waals surface area contributed by atoms with Crippen LogP contribution < -0.4 is 10.1 Å². The first-order valence-corrected chi connectivity index (χ1v) is 12.2. The van der Waals surface area contributed by atoms with Gasteiger partial charge in [-0.15, -0.1) is 10.2 Å². The maximum atomic E-state index is 12.4. The third-order valence-electron chi connectivity index (χ3n) is 4.95. The number of halogens is 1. The van der Waals surface area contributed by atoms with Crippen LogP contribution in [0.4, 0.5) is 0 Å². The van der Waals surface area contributed by atoms with Gasteiger partial charge in [0, 0.05) is 47.4 Å². The fourth-order valence-electron chi connectivity index (χ4n) is 3.30. The van der Waals surface area contributed by atoms with Crippen LogP contribution in [-0.2, 0) is 11.3 Å². The van der Waals surface area contributed by atoms with Crippen molar-refractivity contribution in [1.82, 2.24) is 25.1 Å². The van der Waals surface area contributed by atoms with Crippen LogP contribution in [-0.4, -0.2) is 38.0 Å². The van der Waals surface area contributed by atoms with Crippen LogP contribution in [0.5, 0.6) is 5.75 Å². The first-order valence-electron chi connectivity index (χ1n) is 10.9. The number of hydrogen-bond donors (Lipinski definition) is 1. The lowest BCUT2D eigenvalue weighted by Gasteiger charge is -2.11. The van der Waals surface area contributed by atoms with Crippen molar-refractivity contribution in [2.24, 2.45) is 0 Å². The second-order valence-corrected chi connectivity index (χ2v) is 8.75. The molecule has 0 atom stereocenters. The Morgan fingerprint density at radius 3 is 2.65 bits per heavy atom. The van der Waals surface area contributed by atoms with Gasteiger partial charge in [0.05, 0.1) is 6.61 Å². The number of thioether (sulfide) groups is 1. The van der Waals surface area contributed by atoms with Gasteiger partial charge in [-0.25, -0.2) is 0 Å². The second-order valence-electron chi connectivity index (χ2n) is 7.28. The molecule has 7 nitrogen and oxygen atoms in total. The zero-order valence-corrected chi connectivity index (χ0v) is 20.2. The number of carbonyl (C=O) groups is 1. The van der Waals surface area contributed by atoms with E-state index in [0.717, 1.165) is 22.6 Å². The minimum atomic E-state index is -0.0490. The normalized spacial score (nSPS) is 10.8. The average Bonchev–Trinajstić information content (AvgIpc) is 3.28. The highest BCUT2D eigenvalue weighted by Crippen LogP contribution is 2.29. The number of pyridine rings is 1. The molecule has 0 saturated carbocycles. The summed E-state index contributed by atoms with van der Waals surface area (Å²) in [5.74, 6) is 1.98. The standard InChI is InChI=1S/C25H24ClN5O2S/c1-2-33-21-11-9-20(10-12-21)31-24(19-7-5-14-27-16-19)29-30-25(31)34-15-13-23(32)28-17-18-6-3-4-8-22(18)26/h3-12,14,16H,2,13,15,17H2,1H3,(H,28,32). The molecule has 0 radical (unpaired) electrons. The molecule has 0 bridgehead atoms. The number of nitrogens with one attached hydrogen (secondary N) is 1. The molecule has 1 N–H and O–H groups in total. The first-order chi connectivity index (χ1) is 16.7. The Bertz CT molecular complexity index is 1230.